The Kier molecular flexibility index (Phi) is 6.19. The predicted molar refractivity (Wildman–Crippen MR) is 113 cm³/mol. The normalized spacial score (nSPS) is 12.3. The van der Waals surface area contributed by atoms with Crippen molar-refractivity contribution in [3.05, 3.63) is 47.2 Å². The van der Waals surface area contributed by atoms with Crippen LogP contribution in [0.3, 0.4) is 0 Å². The fourth-order valence-corrected chi connectivity index (χ4v) is 7.17. The number of hydrogen-bond donors (Lipinski definition) is 0. The van der Waals surface area contributed by atoms with Gasteiger partial charge in [0.05, 0.1) is 0 Å². The van der Waals surface area contributed by atoms with Crippen molar-refractivity contribution in [1.82, 2.24) is 0 Å². The molecule has 0 N–H and O–H groups in total. The molecule has 0 spiro atoms. The molecule has 1 aromatic heterocycles. The molecule has 0 saturated carbocycles. The Hall–Kier alpha value is -1.09. The SMILES string of the molecule is Cc1cc(C(C)C)ccc1-c1c[c]([Ge]([CH3])([CH3])[CH3])c(CC(C)C)c[n+]1C. The van der Waals surface area contributed by atoms with Crippen molar-refractivity contribution in [2.45, 2.75) is 64.2 Å². The van der Waals surface area contributed by atoms with Crippen LogP contribution in [0.1, 0.15) is 50.3 Å². The van der Waals surface area contributed by atoms with E-state index in [4.69, 9.17) is 0 Å². The second kappa shape index (κ2) is 7.65. The third kappa shape index (κ3) is 4.75. The molecule has 0 amide bonds. The minimum absolute atomic E-state index is 0.579. The van der Waals surface area contributed by atoms with Crippen molar-refractivity contribution >= 4 is 17.7 Å². The van der Waals surface area contributed by atoms with Crippen LogP contribution in [0.2, 0.25) is 17.3 Å². The van der Waals surface area contributed by atoms with Crippen LogP contribution in [0, 0.1) is 12.8 Å². The molecule has 0 atom stereocenters. The van der Waals surface area contributed by atoms with Gasteiger partial charge in [0.2, 0.25) is 0 Å². The zero-order chi connectivity index (χ0) is 18.9. The molecule has 0 radical (unpaired) electrons. The zero-order valence-electron chi connectivity index (χ0n) is 17.7. The number of pyridine rings is 1. The molecular formula is C23H36GeN+. The third-order valence-corrected chi connectivity index (χ3v) is 9.35. The van der Waals surface area contributed by atoms with Gasteiger partial charge in [-0.15, -0.1) is 0 Å². The van der Waals surface area contributed by atoms with E-state index in [1.165, 1.54) is 28.8 Å². The summed E-state index contributed by atoms with van der Waals surface area (Å²) in [5.74, 6) is 8.81. The molecular weight excluding hydrogens is 363 g/mol. The molecule has 25 heavy (non-hydrogen) atoms. The van der Waals surface area contributed by atoms with Gasteiger partial charge >= 0.3 is 158 Å². The van der Waals surface area contributed by atoms with Crippen molar-refractivity contribution in [3.63, 3.8) is 0 Å². The summed E-state index contributed by atoms with van der Waals surface area (Å²) in [6.07, 6.45) is 3.58. The topological polar surface area (TPSA) is 3.88 Å². The van der Waals surface area contributed by atoms with Gasteiger partial charge in [-0.25, -0.2) is 0 Å². The second-order valence-electron chi connectivity index (χ2n) is 9.29. The van der Waals surface area contributed by atoms with E-state index in [1.54, 1.807) is 9.96 Å². The molecule has 0 unspecified atom stereocenters. The van der Waals surface area contributed by atoms with E-state index in [1.807, 2.05) is 0 Å². The van der Waals surface area contributed by atoms with Crippen LogP contribution in [0.25, 0.3) is 11.3 Å². The van der Waals surface area contributed by atoms with Gasteiger partial charge in [-0.1, -0.05) is 0 Å². The van der Waals surface area contributed by atoms with Gasteiger partial charge in [0.15, 0.2) is 0 Å². The van der Waals surface area contributed by atoms with Crippen LogP contribution in [0.5, 0.6) is 0 Å². The van der Waals surface area contributed by atoms with Crippen molar-refractivity contribution in [2.75, 3.05) is 0 Å². The van der Waals surface area contributed by atoms with E-state index in [9.17, 15) is 0 Å². The molecule has 0 aliphatic carbocycles. The Morgan fingerprint density at radius 1 is 1.00 bits per heavy atom. The van der Waals surface area contributed by atoms with Gasteiger partial charge in [-0.2, -0.15) is 0 Å². The monoisotopic (exact) mass is 400 g/mol. The summed E-state index contributed by atoms with van der Waals surface area (Å²) in [5, 5.41) is 0. The average molecular weight is 399 g/mol. The molecule has 0 saturated heterocycles. The summed E-state index contributed by atoms with van der Waals surface area (Å²) in [6.45, 7) is 11.4. The average Bonchev–Trinajstić information content (AvgIpc) is 2.45. The second-order valence-corrected chi connectivity index (χ2v) is 19.9. The third-order valence-electron chi connectivity index (χ3n) is 4.99. The van der Waals surface area contributed by atoms with Crippen LogP contribution < -0.4 is 8.96 Å². The molecule has 0 fully saturated rings. The number of aryl methyl sites for hydroxylation is 2. The maximum absolute atomic E-state index is 2.51. The molecule has 2 heteroatoms. The van der Waals surface area contributed by atoms with E-state index < -0.39 is 13.3 Å². The molecule has 2 aromatic rings. The first-order valence-corrected chi connectivity index (χ1v) is 17.0. The van der Waals surface area contributed by atoms with Gasteiger partial charge < -0.3 is 0 Å². The molecule has 0 aliphatic rings. The van der Waals surface area contributed by atoms with Gasteiger partial charge in [0, 0.05) is 0 Å². The van der Waals surface area contributed by atoms with E-state index in [0.717, 1.165) is 0 Å². The summed E-state index contributed by atoms with van der Waals surface area (Å²) < 4.78 is 4.00. The number of benzene rings is 1. The summed E-state index contributed by atoms with van der Waals surface area (Å²) in [6, 6.07) is 9.49. The Balaban J connectivity index is 2.63. The van der Waals surface area contributed by atoms with Crippen LogP contribution in [0.4, 0.5) is 0 Å². The molecule has 0 bridgehead atoms. The zero-order valence-corrected chi connectivity index (χ0v) is 19.8. The van der Waals surface area contributed by atoms with E-state index >= 15 is 0 Å². The van der Waals surface area contributed by atoms with Crippen LogP contribution in [-0.2, 0) is 13.5 Å². The Morgan fingerprint density at radius 2 is 1.64 bits per heavy atom. The first-order valence-electron chi connectivity index (χ1n) is 9.64. The molecule has 136 valence electrons. The van der Waals surface area contributed by atoms with Crippen LogP contribution in [-0.4, -0.2) is 13.3 Å². The quantitative estimate of drug-likeness (QED) is 0.471. The van der Waals surface area contributed by atoms with Gasteiger partial charge in [0.1, 0.15) is 0 Å². The van der Waals surface area contributed by atoms with Crippen LogP contribution >= 0.6 is 0 Å². The summed E-state index contributed by atoms with van der Waals surface area (Å²) >= 11 is -1.93. The number of aromatic nitrogens is 1. The van der Waals surface area contributed by atoms with Crippen molar-refractivity contribution < 1.29 is 4.57 Å². The predicted octanol–water partition coefficient (Wildman–Crippen LogP) is 5.35. The summed E-state index contributed by atoms with van der Waals surface area (Å²) in [5.41, 5.74) is 7.09. The van der Waals surface area contributed by atoms with Gasteiger partial charge in [-0.05, 0) is 0 Å². The van der Waals surface area contributed by atoms with Crippen molar-refractivity contribution in [3.8, 4) is 11.3 Å². The number of hydrogen-bond acceptors (Lipinski definition) is 0. The Morgan fingerprint density at radius 3 is 2.12 bits per heavy atom. The number of nitrogens with zero attached hydrogens (tertiary/aromatic N) is 1. The van der Waals surface area contributed by atoms with Crippen molar-refractivity contribution in [1.29, 1.82) is 0 Å². The summed E-state index contributed by atoms with van der Waals surface area (Å²) in [7, 11) is 2.20. The molecule has 1 nitrogen and oxygen atoms in total. The van der Waals surface area contributed by atoms with E-state index in [2.05, 4.69) is 94.0 Å². The Bertz CT molecular complexity index is 751. The minimum atomic E-state index is -1.93. The van der Waals surface area contributed by atoms with E-state index in [0.29, 0.717) is 11.8 Å². The molecule has 1 heterocycles. The fraction of sp³-hybridized carbons (Fsp3) is 0.522. The number of rotatable bonds is 5. The standard InChI is InChI=1S/C23H36GeN/c1-16(2)12-20-15-25(9)23(14-22(20)24(6,7)8)21-11-10-19(17(3)4)13-18(21)5/h10-11,13-17H,12H2,1-9H3/q+1. The van der Waals surface area contributed by atoms with Crippen molar-refractivity contribution in [2.24, 2.45) is 13.0 Å². The van der Waals surface area contributed by atoms with Crippen LogP contribution in [0.15, 0.2) is 30.5 Å². The molecule has 1 aromatic carbocycles. The fourth-order valence-electron chi connectivity index (χ4n) is 3.61. The molecule has 2 rings (SSSR count). The van der Waals surface area contributed by atoms with E-state index in [-0.39, 0.29) is 0 Å². The van der Waals surface area contributed by atoms with Gasteiger partial charge in [0.25, 0.3) is 0 Å². The Labute approximate surface area is 157 Å². The first-order chi connectivity index (χ1) is 11.5. The molecule has 0 aliphatic heterocycles. The summed E-state index contributed by atoms with van der Waals surface area (Å²) in [4.78, 5) is 0. The first kappa shape index (κ1) is 20.2. The van der Waals surface area contributed by atoms with Gasteiger partial charge in [-0.3, -0.25) is 0 Å². The maximum atomic E-state index is 2.51.